The van der Waals surface area contributed by atoms with Gasteiger partial charge in [-0.05, 0) is 24.1 Å². The number of carbonyl (C=O) groups excluding carboxylic acids is 2. The quantitative estimate of drug-likeness (QED) is 0.719. The third-order valence-corrected chi connectivity index (χ3v) is 6.20. The zero-order chi connectivity index (χ0) is 22.5. The van der Waals surface area contributed by atoms with E-state index in [1.54, 1.807) is 17.0 Å². The van der Waals surface area contributed by atoms with Gasteiger partial charge >= 0.3 is 0 Å². The highest BCUT2D eigenvalue weighted by Gasteiger charge is 2.41. The Bertz CT molecular complexity index is 939. The molecule has 0 spiro atoms. The number of likely N-dealkylation sites (tertiary alicyclic amines) is 1. The molecule has 2 atom stereocenters. The summed E-state index contributed by atoms with van der Waals surface area (Å²) >= 11 is 0. The molecule has 32 heavy (non-hydrogen) atoms. The van der Waals surface area contributed by atoms with Crippen molar-refractivity contribution in [2.24, 2.45) is 0 Å². The third-order valence-electron chi connectivity index (χ3n) is 6.20. The second-order valence-electron chi connectivity index (χ2n) is 8.56. The summed E-state index contributed by atoms with van der Waals surface area (Å²) in [6.07, 6.45) is 0.976. The molecule has 0 radical (unpaired) electrons. The molecule has 0 saturated carbocycles. The maximum Gasteiger partial charge on any atom is 0.245 e. The number of rotatable bonds is 5. The number of hydrogen-bond acceptors (Lipinski definition) is 4. The van der Waals surface area contributed by atoms with Gasteiger partial charge in [0, 0.05) is 52.1 Å². The van der Waals surface area contributed by atoms with Crippen molar-refractivity contribution in [2.75, 3.05) is 32.7 Å². The molecule has 2 fully saturated rings. The Kier molecular flexibility index (Phi) is 7.05. The highest BCUT2D eigenvalue weighted by Crippen LogP contribution is 2.25. The van der Waals surface area contributed by atoms with Gasteiger partial charge in [-0.15, -0.1) is 0 Å². The first kappa shape index (κ1) is 22.3. The molecule has 4 rings (SSSR count). The molecule has 7 heteroatoms. The molecule has 2 heterocycles. The number of benzene rings is 2. The Morgan fingerprint density at radius 2 is 1.84 bits per heavy atom. The highest BCUT2D eigenvalue weighted by atomic mass is 19.1. The fourth-order valence-electron chi connectivity index (χ4n) is 4.60. The normalized spacial score (nSPS) is 21.9. The van der Waals surface area contributed by atoms with E-state index in [1.807, 2.05) is 23.1 Å². The minimum absolute atomic E-state index is 0.0212. The summed E-state index contributed by atoms with van der Waals surface area (Å²) in [5, 5.41) is 0. The lowest BCUT2D eigenvalue weighted by atomic mass is 10.1. The predicted molar refractivity (Wildman–Crippen MR) is 120 cm³/mol. The van der Waals surface area contributed by atoms with Gasteiger partial charge in [-0.3, -0.25) is 14.5 Å². The van der Waals surface area contributed by atoms with Gasteiger partial charge in [0.15, 0.2) is 0 Å². The molecule has 2 aromatic rings. The molecule has 0 aliphatic carbocycles. The van der Waals surface area contributed by atoms with Gasteiger partial charge in [0.05, 0.1) is 6.54 Å². The van der Waals surface area contributed by atoms with Gasteiger partial charge in [0.1, 0.15) is 23.7 Å². The second kappa shape index (κ2) is 10.1. The Morgan fingerprint density at radius 3 is 2.59 bits per heavy atom. The van der Waals surface area contributed by atoms with Crippen molar-refractivity contribution in [3.8, 4) is 5.75 Å². The molecule has 0 N–H and O–H groups in total. The van der Waals surface area contributed by atoms with Crippen LogP contribution in [-0.2, 0) is 16.1 Å². The molecule has 2 aliphatic rings. The minimum atomic E-state index is -0.535. The predicted octanol–water partition coefficient (Wildman–Crippen LogP) is 2.93. The van der Waals surface area contributed by atoms with Crippen molar-refractivity contribution < 1.29 is 18.7 Å². The maximum absolute atomic E-state index is 13.5. The van der Waals surface area contributed by atoms with E-state index in [4.69, 9.17) is 4.74 Å². The molecule has 6 nitrogen and oxygen atoms in total. The van der Waals surface area contributed by atoms with Crippen LogP contribution in [0.5, 0.6) is 5.75 Å². The topological polar surface area (TPSA) is 53.1 Å². The molecule has 0 unspecified atom stereocenters. The molecule has 0 bridgehead atoms. The lowest BCUT2D eigenvalue weighted by molar-refractivity contribution is -0.142. The van der Waals surface area contributed by atoms with E-state index in [0.29, 0.717) is 31.8 Å². The molecule has 2 aliphatic heterocycles. The third kappa shape index (κ3) is 5.46. The summed E-state index contributed by atoms with van der Waals surface area (Å²) in [6, 6.07) is 15.8. The molecule has 2 saturated heterocycles. The number of halogens is 1. The van der Waals surface area contributed by atoms with E-state index < -0.39 is 6.04 Å². The van der Waals surface area contributed by atoms with Crippen LogP contribution in [-0.4, -0.2) is 71.4 Å². The van der Waals surface area contributed by atoms with Gasteiger partial charge in [0.25, 0.3) is 0 Å². The summed E-state index contributed by atoms with van der Waals surface area (Å²) in [5.41, 5.74) is 1.27. The lowest BCUT2D eigenvalue weighted by Gasteiger charge is -2.28. The zero-order valence-corrected chi connectivity index (χ0v) is 18.5. The number of nitrogens with zero attached hydrogens (tertiary/aromatic N) is 3. The van der Waals surface area contributed by atoms with E-state index >= 15 is 0 Å². The molecule has 0 aromatic heterocycles. The van der Waals surface area contributed by atoms with Crippen LogP contribution >= 0.6 is 0 Å². The van der Waals surface area contributed by atoms with Crippen molar-refractivity contribution in [2.45, 2.75) is 38.5 Å². The van der Waals surface area contributed by atoms with Crippen LogP contribution in [0.1, 0.15) is 25.3 Å². The smallest absolute Gasteiger partial charge is 0.245 e. The minimum Gasteiger partial charge on any atom is -0.488 e. The van der Waals surface area contributed by atoms with E-state index in [-0.39, 0.29) is 23.7 Å². The van der Waals surface area contributed by atoms with Gasteiger partial charge in [-0.25, -0.2) is 4.39 Å². The monoisotopic (exact) mass is 439 g/mol. The average molecular weight is 440 g/mol. The summed E-state index contributed by atoms with van der Waals surface area (Å²) in [6.45, 7) is 5.74. The van der Waals surface area contributed by atoms with Crippen LogP contribution in [0.25, 0.3) is 0 Å². The van der Waals surface area contributed by atoms with E-state index in [1.165, 1.54) is 24.6 Å². The number of hydrogen-bond donors (Lipinski definition) is 0. The van der Waals surface area contributed by atoms with Gasteiger partial charge in [-0.1, -0.05) is 36.4 Å². The first-order valence-corrected chi connectivity index (χ1v) is 11.2. The van der Waals surface area contributed by atoms with Crippen LogP contribution in [0, 0.1) is 5.82 Å². The van der Waals surface area contributed by atoms with Crippen molar-refractivity contribution in [1.29, 1.82) is 0 Å². The Hall–Kier alpha value is -2.93. The van der Waals surface area contributed by atoms with Crippen molar-refractivity contribution in [3.05, 3.63) is 66.0 Å². The summed E-state index contributed by atoms with van der Waals surface area (Å²) in [7, 11) is 0. The number of amides is 2. The first-order valence-electron chi connectivity index (χ1n) is 11.2. The average Bonchev–Trinajstić information content (AvgIpc) is 3.06. The summed E-state index contributed by atoms with van der Waals surface area (Å²) in [4.78, 5) is 31.5. The van der Waals surface area contributed by atoms with E-state index in [2.05, 4.69) is 17.0 Å². The van der Waals surface area contributed by atoms with Crippen LogP contribution in [0.15, 0.2) is 54.6 Å². The molecular weight excluding hydrogens is 409 g/mol. The molecular formula is C25H30FN3O3. The first-order chi connectivity index (χ1) is 15.5. The lowest BCUT2D eigenvalue weighted by Crippen LogP contribution is -2.48. The standard InChI is InChI=1S/C25H30FN3O3/c1-19(30)29-18-23(32-22-10-5-9-21(26)15-22)16-24(29)25(31)28-12-6-11-27(13-14-28)17-20-7-3-2-4-8-20/h2-5,7-10,15,23-24H,6,11-14,16-18H2,1H3/t23-,24+/m0/s1. The van der Waals surface area contributed by atoms with Crippen LogP contribution in [0.2, 0.25) is 0 Å². The second-order valence-corrected chi connectivity index (χ2v) is 8.56. The molecule has 2 aromatic carbocycles. The van der Waals surface area contributed by atoms with Crippen LogP contribution in [0.4, 0.5) is 4.39 Å². The number of ether oxygens (including phenoxy) is 1. The maximum atomic E-state index is 13.5. The van der Waals surface area contributed by atoms with E-state index in [9.17, 15) is 14.0 Å². The van der Waals surface area contributed by atoms with Gasteiger partial charge in [0.2, 0.25) is 11.8 Å². The number of carbonyl (C=O) groups is 2. The fraction of sp³-hybridized carbons (Fsp3) is 0.440. The highest BCUT2D eigenvalue weighted by molar-refractivity contribution is 5.87. The largest absolute Gasteiger partial charge is 0.488 e. The Balaban J connectivity index is 1.37. The van der Waals surface area contributed by atoms with Gasteiger partial charge < -0.3 is 14.5 Å². The van der Waals surface area contributed by atoms with Crippen molar-refractivity contribution in [1.82, 2.24) is 14.7 Å². The van der Waals surface area contributed by atoms with Crippen molar-refractivity contribution in [3.63, 3.8) is 0 Å². The van der Waals surface area contributed by atoms with E-state index in [0.717, 1.165) is 26.1 Å². The SMILES string of the molecule is CC(=O)N1C[C@@H](Oc2cccc(F)c2)C[C@@H]1C(=O)N1CCCN(Cc2ccccc2)CC1. The Labute approximate surface area is 188 Å². The summed E-state index contributed by atoms with van der Waals surface area (Å²) in [5.74, 6) is -0.125. The van der Waals surface area contributed by atoms with Crippen LogP contribution in [0.3, 0.4) is 0 Å². The fourth-order valence-corrected chi connectivity index (χ4v) is 4.60. The van der Waals surface area contributed by atoms with Gasteiger partial charge in [-0.2, -0.15) is 0 Å². The summed E-state index contributed by atoms with van der Waals surface area (Å²) < 4.78 is 19.4. The molecule has 2 amide bonds. The molecule has 170 valence electrons. The Morgan fingerprint density at radius 1 is 1.03 bits per heavy atom. The zero-order valence-electron chi connectivity index (χ0n) is 18.5. The van der Waals surface area contributed by atoms with Crippen molar-refractivity contribution >= 4 is 11.8 Å². The van der Waals surface area contributed by atoms with Crippen LogP contribution < -0.4 is 4.74 Å².